The number of aromatic nitrogens is 1. The summed E-state index contributed by atoms with van der Waals surface area (Å²) in [6.07, 6.45) is 11.8. The molecule has 0 aliphatic carbocycles. The maximum Gasteiger partial charge on any atom is 0.329 e. The number of aliphatic hydroxyl groups excluding tert-OH is 1. The van der Waals surface area contributed by atoms with E-state index in [0.717, 1.165) is 36.6 Å². The Labute approximate surface area is 376 Å². The second-order valence-corrected chi connectivity index (χ2v) is 16.7. The summed E-state index contributed by atoms with van der Waals surface area (Å²) < 4.78 is 5.82. The van der Waals surface area contributed by atoms with Crippen LogP contribution in [0.4, 0.5) is 0 Å². The summed E-state index contributed by atoms with van der Waals surface area (Å²) >= 11 is 0. The molecule has 1 aliphatic rings. The van der Waals surface area contributed by atoms with E-state index in [9.17, 15) is 38.7 Å². The van der Waals surface area contributed by atoms with Gasteiger partial charge in [0.1, 0.15) is 36.3 Å². The Hall–Kier alpha value is -5.77. The minimum absolute atomic E-state index is 0.0111. The highest BCUT2D eigenvalue weighted by atomic mass is 16.5. The highest BCUT2D eigenvalue weighted by molar-refractivity contribution is 5.96. The van der Waals surface area contributed by atoms with Crippen molar-refractivity contribution in [3.63, 3.8) is 0 Å². The monoisotopic (exact) mass is 888 g/mol. The number of ether oxygens (including phenoxy) is 1. The molecule has 16 heteroatoms. The number of carbonyl (C=O) groups excluding carboxylic acids is 7. The van der Waals surface area contributed by atoms with Crippen molar-refractivity contribution in [1.29, 1.82) is 0 Å². The third-order valence-corrected chi connectivity index (χ3v) is 11.5. The van der Waals surface area contributed by atoms with Gasteiger partial charge in [-0.2, -0.15) is 0 Å². The van der Waals surface area contributed by atoms with Crippen LogP contribution in [0.3, 0.4) is 0 Å². The second-order valence-electron chi connectivity index (χ2n) is 16.7. The zero-order valence-corrected chi connectivity index (χ0v) is 37.7. The van der Waals surface area contributed by atoms with Crippen LogP contribution >= 0.6 is 0 Å². The number of para-hydroxylation sites is 1. The number of nitrogens with one attached hydrogen (secondary N) is 7. The molecule has 1 fully saturated rings. The van der Waals surface area contributed by atoms with Crippen LogP contribution in [-0.2, 0) is 51.1 Å². The highest BCUT2D eigenvalue weighted by Gasteiger charge is 2.36. The zero-order valence-electron chi connectivity index (χ0n) is 37.7. The van der Waals surface area contributed by atoms with Crippen LogP contribution in [0.25, 0.3) is 10.9 Å². The summed E-state index contributed by atoms with van der Waals surface area (Å²) in [5, 5.41) is 27.2. The van der Waals surface area contributed by atoms with Gasteiger partial charge in [-0.05, 0) is 37.0 Å². The molecule has 0 bridgehead atoms. The van der Waals surface area contributed by atoms with Gasteiger partial charge in [-0.15, -0.1) is 0 Å². The van der Waals surface area contributed by atoms with Gasteiger partial charge in [0.25, 0.3) is 0 Å². The van der Waals surface area contributed by atoms with E-state index in [4.69, 9.17) is 4.74 Å². The first-order valence-corrected chi connectivity index (χ1v) is 23.1. The number of esters is 1. The number of hydrogen-bond donors (Lipinski definition) is 8. The Morgan fingerprint density at radius 1 is 0.750 bits per heavy atom. The van der Waals surface area contributed by atoms with Gasteiger partial charge in [0.05, 0.1) is 6.61 Å². The summed E-state index contributed by atoms with van der Waals surface area (Å²) in [5.41, 5.74) is 2.16. The van der Waals surface area contributed by atoms with Crippen LogP contribution in [0.15, 0.2) is 60.8 Å². The van der Waals surface area contributed by atoms with Gasteiger partial charge < -0.3 is 46.7 Å². The number of amides is 6. The molecule has 64 heavy (non-hydrogen) atoms. The lowest BCUT2D eigenvalue weighted by Gasteiger charge is -2.28. The molecule has 6 amide bonds. The third kappa shape index (κ3) is 16.7. The highest BCUT2D eigenvalue weighted by Crippen LogP contribution is 2.20. The normalized spacial score (nSPS) is 20.8. The quantitative estimate of drug-likeness (QED) is 0.0571. The fourth-order valence-electron chi connectivity index (χ4n) is 7.71. The lowest BCUT2D eigenvalue weighted by Crippen LogP contribution is -2.59. The second kappa shape index (κ2) is 27.4. The van der Waals surface area contributed by atoms with Gasteiger partial charge in [-0.3, -0.25) is 28.8 Å². The molecule has 16 nitrogen and oxygen atoms in total. The van der Waals surface area contributed by atoms with Crippen molar-refractivity contribution >= 4 is 52.3 Å². The predicted molar refractivity (Wildman–Crippen MR) is 243 cm³/mol. The minimum atomic E-state index is -1.53. The van der Waals surface area contributed by atoms with Crippen LogP contribution in [0, 0.1) is 0 Å². The predicted octanol–water partition coefficient (Wildman–Crippen LogP) is 3.93. The molecule has 8 N–H and O–H groups in total. The minimum Gasteiger partial charge on any atom is -0.458 e. The summed E-state index contributed by atoms with van der Waals surface area (Å²) in [7, 11) is 0. The Bertz CT molecular complexity index is 1970. The molecule has 6 atom stereocenters. The van der Waals surface area contributed by atoms with E-state index < -0.39 is 78.4 Å². The molecule has 6 unspecified atom stereocenters. The standard InChI is InChI=1S/C48H69N7O9/c1-4-6-8-9-10-11-12-13-17-25-41(57)51-37(23-7-5-2)44(59)55-43-32(3)64-48(63)39(28-33-20-15-14-16-21-33)53-46(61)40(31-56)54-45(60)38(52-42(58)26-27-49-47(43)62)29-34-30-50-36-24-19-18-22-35(34)36/h14-16,18-22,24,30,32,37-40,43,50,56H,4-13,17,23,25-29,31H2,1-3H3,(H,49,62)(H,51,57)(H,52,58)(H,53,61)(H,54,60)(H,55,59). The van der Waals surface area contributed by atoms with E-state index in [1.807, 2.05) is 31.2 Å². The van der Waals surface area contributed by atoms with Crippen molar-refractivity contribution in [2.75, 3.05) is 13.2 Å². The number of hydrogen-bond acceptors (Lipinski definition) is 9. The molecule has 1 saturated heterocycles. The molecule has 0 saturated carbocycles. The Morgan fingerprint density at radius 3 is 2.09 bits per heavy atom. The SMILES string of the molecule is CCCCCCCCCCCC(=O)NC(CCCC)C(=O)NC1C(=O)NCCC(=O)NC(Cc2c[nH]c3ccccc23)C(=O)NC(CO)C(=O)NC(Cc2ccccc2)C(=O)OC1C. The van der Waals surface area contributed by atoms with Crippen LogP contribution in [-0.4, -0.2) is 101 Å². The first-order chi connectivity index (χ1) is 30.9. The van der Waals surface area contributed by atoms with Gasteiger partial charge in [0, 0.05) is 49.3 Å². The van der Waals surface area contributed by atoms with E-state index in [1.54, 1.807) is 36.5 Å². The fourth-order valence-corrected chi connectivity index (χ4v) is 7.71. The lowest BCUT2D eigenvalue weighted by atomic mass is 10.0. The van der Waals surface area contributed by atoms with Crippen LogP contribution < -0.4 is 31.9 Å². The summed E-state index contributed by atoms with van der Waals surface area (Å²) in [4.78, 5) is 99.1. The van der Waals surface area contributed by atoms with E-state index in [1.165, 1.54) is 39.0 Å². The molecule has 3 aromatic rings. The average molecular weight is 888 g/mol. The number of unbranched alkanes of at least 4 members (excludes halogenated alkanes) is 9. The first-order valence-electron chi connectivity index (χ1n) is 23.1. The van der Waals surface area contributed by atoms with Crippen molar-refractivity contribution in [2.45, 2.75) is 160 Å². The zero-order chi connectivity index (χ0) is 46.3. The van der Waals surface area contributed by atoms with Crippen molar-refractivity contribution in [2.24, 2.45) is 0 Å². The lowest BCUT2D eigenvalue weighted by molar-refractivity contribution is -0.156. The van der Waals surface area contributed by atoms with Gasteiger partial charge >= 0.3 is 5.97 Å². The van der Waals surface area contributed by atoms with Crippen molar-refractivity contribution in [3.05, 3.63) is 71.9 Å². The number of fused-ring (bicyclic) bond motifs is 1. The molecule has 2 heterocycles. The van der Waals surface area contributed by atoms with E-state index >= 15 is 0 Å². The van der Waals surface area contributed by atoms with Gasteiger partial charge in [0.2, 0.25) is 35.4 Å². The largest absolute Gasteiger partial charge is 0.458 e. The van der Waals surface area contributed by atoms with Crippen LogP contribution in [0.1, 0.15) is 122 Å². The molecule has 0 spiro atoms. The molecule has 1 aromatic heterocycles. The molecule has 1 aliphatic heterocycles. The molecular weight excluding hydrogens is 819 g/mol. The van der Waals surface area contributed by atoms with Crippen LogP contribution in [0.5, 0.6) is 0 Å². The van der Waals surface area contributed by atoms with Gasteiger partial charge in [-0.25, -0.2) is 4.79 Å². The molecule has 2 aromatic carbocycles. The number of carbonyl (C=O) groups is 7. The maximum atomic E-state index is 14.0. The van der Waals surface area contributed by atoms with E-state index in [0.29, 0.717) is 30.4 Å². The number of aliphatic hydroxyl groups is 1. The summed E-state index contributed by atoms with van der Waals surface area (Å²) in [5.74, 6) is -4.91. The van der Waals surface area contributed by atoms with Crippen molar-refractivity contribution in [3.8, 4) is 0 Å². The van der Waals surface area contributed by atoms with Crippen molar-refractivity contribution in [1.82, 2.24) is 36.9 Å². The number of cyclic esters (lactones) is 1. The topological polar surface area (TPSA) is 237 Å². The number of H-pyrrole nitrogens is 1. The number of aromatic amines is 1. The van der Waals surface area contributed by atoms with E-state index in [2.05, 4.69) is 43.8 Å². The Balaban J connectivity index is 1.55. The molecular formula is C48H69N7O9. The van der Waals surface area contributed by atoms with E-state index in [-0.39, 0.29) is 38.1 Å². The molecule has 0 radical (unpaired) electrons. The summed E-state index contributed by atoms with van der Waals surface area (Å²) in [6, 6.07) is 9.62. The van der Waals surface area contributed by atoms with Crippen LogP contribution in [0.2, 0.25) is 0 Å². The number of rotatable bonds is 21. The van der Waals surface area contributed by atoms with Crippen molar-refractivity contribution < 1.29 is 43.4 Å². The smallest absolute Gasteiger partial charge is 0.329 e. The number of benzene rings is 2. The Morgan fingerprint density at radius 2 is 1.39 bits per heavy atom. The molecule has 4 rings (SSSR count). The first kappa shape index (κ1) is 50.9. The van der Waals surface area contributed by atoms with Gasteiger partial charge in [-0.1, -0.05) is 127 Å². The summed E-state index contributed by atoms with van der Waals surface area (Å²) in [6.45, 7) is 4.51. The third-order valence-electron chi connectivity index (χ3n) is 11.5. The Kier molecular flexibility index (Phi) is 21.8. The fraction of sp³-hybridized carbons (Fsp3) is 0.562. The maximum absolute atomic E-state index is 14.0. The molecule has 350 valence electrons. The average Bonchev–Trinajstić information content (AvgIpc) is 3.69. The van der Waals surface area contributed by atoms with Gasteiger partial charge in [0.15, 0.2) is 0 Å².